The Labute approximate surface area is 174 Å². The van der Waals surface area contributed by atoms with Gasteiger partial charge in [-0.2, -0.15) is 10.2 Å². The second kappa shape index (κ2) is 5.77. The van der Waals surface area contributed by atoms with Crippen LogP contribution in [0.4, 0.5) is 13.6 Å². The molecule has 6 atom stereocenters. The van der Waals surface area contributed by atoms with E-state index < -0.39 is 11.6 Å². The molecule has 156 valence electrons. The number of fused-ring (bicyclic) bond motifs is 5. The summed E-state index contributed by atoms with van der Waals surface area (Å²) in [4.78, 5) is 16.2. The minimum Gasteiger partial charge on any atom is -0.331 e. The van der Waals surface area contributed by atoms with Gasteiger partial charge in [-0.3, -0.25) is 0 Å². The minimum absolute atomic E-state index is 0.00667. The predicted octanol–water partition coefficient (Wildman–Crippen LogP) is 3.66. The molecule has 0 bridgehead atoms. The molecule has 3 fully saturated rings. The van der Waals surface area contributed by atoms with Crippen LogP contribution in [0.5, 0.6) is 0 Å². The van der Waals surface area contributed by atoms with Crippen molar-refractivity contribution in [2.24, 2.45) is 23.7 Å². The smallest absolute Gasteiger partial charge is 0.319 e. The van der Waals surface area contributed by atoms with E-state index in [4.69, 9.17) is 0 Å². The molecule has 3 saturated carbocycles. The van der Waals surface area contributed by atoms with E-state index in [9.17, 15) is 13.6 Å². The lowest BCUT2D eigenvalue weighted by Crippen LogP contribution is -2.48. The Kier molecular flexibility index (Phi) is 3.50. The van der Waals surface area contributed by atoms with Gasteiger partial charge in [0.1, 0.15) is 11.6 Å². The monoisotopic (exact) mass is 410 g/mol. The Bertz CT molecular complexity index is 1060. The number of hydrogen-bond donors (Lipinski definition) is 0. The van der Waals surface area contributed by atoms with Crippen molar-refractivity contribution in [1.82, 2.24) is 20.0 Å². The van der Waals surface area contributed by atoms with E-state index in [0.717, 1.165) is 17.7 Å². The van der Waals surface area contributed by atoms with Crippen molar-refractivity contribution in [1.29, 1.82) is 0 Å². The first-order valence-electron chi connectivity index (χ1n) is 10.7. The molecule has 4 aliphatic rings. The fraction of sp³-hybridized carbons (Fsp3) is 0.522. The largest absolute Gasteiger partial charge is 0.331 e. The molecule has 4 unspecified atom stereocenters. The second-order valence-electron chi connectivity index (χ2n) is 9.50. The van der Waals surface area contributed by atoms with Crippen LogP contribution in [0.25, 0.3) is 11.3 Å². The van der Waals surface area contributed by atoms with Crippen molar-refractivity contribution >= 4 is 6.03 Å². The van der Waals surface area contributed by atoms with Gasteiger partial charge in [0.05, 0.1) is 17.0 Å². The molecule has 0 saturated heterocycles. The van der Waals surface area contributed by atoms with E-state index in [1.165, 1.54) is 18.2 Å². The van der Waals surface area contributed by atoms with Gasteiger partial charge in [-0.1, -0.05) is 6.07 Å². The molecule has 2 aromatic rings. The zero-order chi connectivity index (χ0) is 20.9. The number of benzene rings is 1. The molecule has 0 radical (unpaired) electrons. The summed E-state index contributed by atoms with van der Waals surface area (Å²) in [6.45, 7) is 3.28. The Balaban J connectivity index is 1.43. The van der Waals surface area contributed by atoms with Crippen molar-refractivity contribution in [2.45, 2.75) is 24.7 Å². The van der Waals surface area contributed by atoms with Crippen molar-refractivity contribution in [3.63, 3.8) is 0 Å². The van der Waals surface area contributed by atoms with Crippen LogP contribution >= 0.6 is 0 Å². The van der Waals surface area contributed by atoms with Crippen LogP contribution < -0.4 is 0 Å². The lowest BCUT2D eigenvalue weighted by Gasteiger charge is -2.53. The summed E-state index contributed by atoms with van der Waals surface area (Å²) < 4.78 is 28.7. The number of aromatic nitrogens is 2. The zero-order valence-electron chi connectivity index (χ0n) is 17.3. The van der Waals surface area contributed by atoms with Gasteiger partial charge in [-0.15, -0.1) is 0 Å². The standard InChI is InChI=1S/C23H24F2N4O/c1-4-29(22(30)28(2)3)10-23-19-13-8-11(17(13)20(19)23)12-9-16(26-27-21(12)23)18-14(24)6-5-7-15(18)25/h5-7,9,11,13,17,19-20H,4,8,10H2,1-3H3/t11-,13?,17?,19?,20?,23-/m1/s1. The van der Waals surface area contributed by atoms with Gasteiger partial charge < -0.3 is 9.80 Å². The molecular formula is C23H24F2N4O. The molecule has 30 heavy (non-hydrogen) atoms. The third-order valence-electron chi connectivity index (χ3n) is 8.20. The van der Waals surface area contributed by atoms with Crippen molar-refractivity contribution in [2.75, 3.05) is 27.2 Å². The third-order valence-corrected chi connectivity index (χ3v) is 8.20. The topological polar surface area (TPSA) is 49.3 Å². The highest BCUT2D eigenvalue weighted by Gasteiger charge is 2.87. The average Bonchev–Trinajstić information content (AvgIpc) is 3.32. The van der Waals surface area contributed by atoms with Crippen molar-refractivity contribution in [3.8, 4) is 11.3 Å². The Hall–Kier alpha value is -2.57. The summed E-state index contributed by atoms with van der Waals surface area (Å²) in [6, 6.07) is 5.73. The summed E-state index contributed by atoms with van der Waals surface area (Å²) in [6.07, 6.45) is 1.11. The van der Waals surface area contributed by atoms with Crippen molar-refractivity contribution < 1.29 is 13.6 Å². The summed E-state index contributed by atoms with van der Waals surface area (Å²) >= 11 is 0. The lowest BCUT2D eigenvalue weighted by atomic mass is 9.51. The number of amides is 2. The first kappa shape index (κ1) is 18.2. The number of urea groups is 1. The summed E-state index contributed by atoms with van der Waals surface area (Å²) in [5.74, 6) is 1.62. The maximum absolute atomic E-state index is 14.3. The molecule has 0 spiro atoms. The SMILES string of the molecule is CCN(C[C@]12c3nnc(-c4c(F)cccc4F)cc3[C@H]3CC4C3C1C42)C(=O)N(C)C. The number of halogens is 2. The van der Waals surface area contributed by atoms with Gasteiger partial charge in [0, 0.05) is 32.6 Å². The first-order chi connectivity index (χ1) is 14.4. The van der Waals surface area contributed by atoms with Gasteiger partial charge in [0.25, 0.3) is 0 Å². The van der Waals surface area contributed by atoms with E-state index in [2.05, 4.69) is 10.2 Å². The van der Waals surface area contributed by atoms with Crippen LogP contribution in [0.1, 0.15) is 30.5 Å². The van der Waals surface area contributed by atoms with Gasteiger partial charge in [0.2, 0.25) is 0 Å². The summed E-state index contributed by atoms with van der Waals surface area (Å²) in [5, 5.41) is 8.86. The van der Waals surface area contributed by atoms with Gasteiger partial charge in [-0.25, -0.2) is 13.6 Å². The zero-order valence-corrected chi connectivity index (χ0v) is 17.3. The molecule has 1 aromatic carbocycles. The normalized spacial score (nSPS) is 33.6. The van der Waals surface area contributed by atoms with Gasteiger partial charge >= 0.3 is 6.03 Å². The molecule has 0 N–H and O–H groups in total. The van der Waals surface area contributed by atoms with Crippen LogP contribution in [0.3, 0.4) is 0 Å². The Morgan fingerprint density at radius 2 is 1.93 bits per heavy atom. The summed E-state index contributed by atoms with van der Waals surface area (Å²) in [5.41, 5.74) is 2.06. The molecule has 1 heterocycles. The predicted molar refractivity (Wildman–Crippen MR) is 107 cm³/mol. The van der Waals surface area contributed by atoms with Crippen molar-refractivity contribution in [3.05, 3.63) is 47.2 Å². The maximum atomic E-state index is 14.3. The number of nitrogens with zero attached hydrogens (tertiary/aromatic N) is 4. The fourth-order valence-corrected chi connectivity index (χ4v) is 6.96. The maximum Gasteiger partial charge on any atom is 0.319 e. The molecule has 6 rings (SSSR count). The number of carbonyl (C=O) groups excluding carboxylic acids is 1. The van der Waals surface area contributed by atoms with Gasteiger partial charge in [0.15, 0.2) is 0 Å². The van der Waals surface area contributed by atoms with Crippen LogP contribution in [0.15, 0.2) is 24.3 Å². The molecule has 7 heteroatoms. The number of carbonyl (C=O) groups is 1. The fourth-order valence-electron chi connectivity index (χ4n) is 6.96. The van der Waals surface area contributed by atoms with E-state index in [1.807, 2.05) is 17.9 Å². The molecule has 4 aliphatic carbocycles. The van der Waals surface area contributed by atoms with Crippen LogP contribution in [0, 0.1) is 35.3 Å². The Morgan fingerprint density at radius 1 is 1.20 bits per heavy atom. The molecular weight excluding hydrogens is 386 g/mol. The number of hydrogen-bond acceptors (Lipinski definition) is 3. The second-order valence-corrected chi connectivity index (χ2v) is 9.50. The first-order valence-corrected chi connectivity index (χ1v) is 10.7. The van der Waals surface area contributed by atoms with E-state index >= 15 is 0 Å². The quantitative estimate of drug-likeness (QED) is 0.773. The number of rotatable bonds is 4. The molecule has 2 amide bonds. The molecule has 5 nitrogen and oxygen atoms in total. The molecule has 1 aromatic heterocycles. The lowest BCUT2D eigenvalue weighted by molar-refractivity contribution is 0.00424. The van der Waals surface area contributed by atoms with Crippen LogP contribution in [0.2, 0.25) is 0 Å². The highest BCUT2D eigenvalue weighted by atomic mass is 19.1. The van der Waals surface area contributed by atoms with E-state index in [1.54, 1.807) is 19.0 Å². The van der Waals surface area contributed by atoms with E-state index in [-0.39, 0.29) is 22.7 Å². The minimum atomic E-state index is -0.622. The Morgan fingerprint density at radius 3 is 2.60 bits per heavy atom. The third kappa shape index (κ3) is 1.99. The van der Waals surface area contributed by atoms with E-state index in [0.29, 0.717) is 42.7 Å². The average molecular weight is 410 g/mol. The highest BCUT2D eigenvalue weighted by molar-refractivity contribution is 5.74. The number of likely N-dealkylation sites (N-methyl/N-ethyl adjacent to an activating group) is 1. The summed E-state index contributed by atoms with van der Waals surface area (Å²) in [7, 11) is 3.54. The highest BCUT2D eigenvalue weighted by Crippen LogP contribution is 2.87. The van der Waals surface area contributed by atoms with Crippen LogP contribution in [-0.4, -0.2) is 53.2 Å². The molecule has 0 aliphatic heterocycles. The van der Waals surface area contributed by atoms with Crippen LogP contribution in [-0.2, 0) is 5.41 Å². The van der Waals surface area contributed by atoms with Gasteiger partial charge in [-0.05, 0) is 66.7 Å².